The molecule has 4 aromatic rings. The molecule has 0 unspecified atom stereocenters. The Morgan fingerprint density at radius 1 is 0.500 bits per heavy atom. The van der Waals surface area contributed by atoms with E-state index >= 15 is 0 Å². The quantitative estimate of drug-likeness (QED) is 0.480. The van der Waals surface area contributed by atoms with E-state index in [9.17, 15) is 0 Å². The zero-order valence-corrected chi connectivity index (χ0v) is 14.3. The highest BCUT2D eigenvalue weighted by atomic mass is 15.3. The van der Waals surface area contributed by atoms with Crippen molar-refractivity contribution in [3.8, 4) is 0 Å². The van der Waals surface area contributed by atoms with Crippen LogP contribution in [0.4, 0.5) is 0 Å². The smallest absolute Gasteiger partial charge is 0.230 e. The normalized spacial score (nSPS) is 11.3. The van der Waals surface area contributed by atoms with E-state index in [2.05, 4.69) is 52.7 Å². The Balaban J connectivity index is 2.03. The summed E-state index contributed by atoms with van der Waals surface area (Å²) in [5.74, 6) is 0. The first-order valence-electron chi connectivity index (χ1n) is 7.88. The van der Waals surface area contributed by atoms with Crippen molar-refractivity contribution in [3.63, 3.8) is 0 Å². The summed E-state index contributed by atoms with van der Waals surface area (Å²) in [5.41, 5.74) is 6.15. The van der Waals surface area contributed by atoms with Crippen molar-refractivity contribution >= 4 is 22.1 Å². The largest absolute Gasteiger partial charge is 0.312 e. The first kappa shape index (κ1) is 14.6. The van der Waals surface area contributed by atoms with Gasteiger partial charge in [-0.05, 0) is 24.3 Å². The van der Waals surface area contributed by atoms with E-state index in [4.69, 9.17) is 0 Å². The number of rotatable bonds is 1. The lowest BCUT2D eigenvalue weighted by atomic mass is 10.3. The zero-order chi connectivity index (χ0) is 16.8. The summed E-state index contributed by atoms with van der Waals surface area (Å²) in [7, 11) is 8.05. The molecule has 2 heterocycles. The predicted octanol–water partition coefficient (Wildman–Crippen LogP) is 1.76. The van der Waals surface area contributed by atoms with Crippen LogP contribution in [0.15, 0.2) is 58.7 Å². The molecule has 0 aliphatic carbocycles. The molecule has 0 aliphatic heterocycles. The summed E-state index contributed by atoms with van der Waals surface area (Å²) < 4.78 is 8.23. The molecule has 122 valence electrons. The summed E-state index contributed by atoms with van der Waals surface area (Å²) in [6.45, 7) is 0. The molecule has 2 aromatic heterocycles. The van der Waals surface area contributed by atoms with Crippen LogP contribution in [-0.4, -0.2) is 18.3 Å². The lowest BCUT2D eigenvalue weighted by Gasteiger charge is -1.94. The van der Waals surface area contributed by atoms with Crippen LogP contribution in [-0.2, 0) is 28.2 Å². The molecular weight excluding hydrogens is 300 g/mol. The van der Waals surface area contributed by atoms with Gasteiger partial charge < -0.3 is 18.3 Å². The summed E-state index contributed by atoms with van der Waals surface area (Å²) >= 11 is 0. The van der Waals surface area contributed by atoms with Gasteiger partial charge in [-0.15, -0.1) is 10.2 Å². The maximum Gasteiger partial charge on any atom is 0.230 e. The lowest BCUT2D eigenvalue weighted by molar-refractivity contribution is 0.699. The molecule has 2 aromatic carbocycles. The Labute approximate surface area is 139 Å². The standard InChI is InChI=1S/C18H20N6/c1-21-13-9-5-6-10-14(13)22(2)17(21)19-20-18-23(3)15-11-7-8-12-16(15)24(18)4/h5-12H,1-4H3. The fourth-order valence-corrected chi connectivity index (χ4v) is 3.30. The summed E-state index contributed by atoms with van der Waals surface area (Å²) in [6.07, 6.45) is 0. The Bertz CT molecular complexity index is 1020. The fraction of sp³-hybridized carbons (Fsp3) is 0.222. The Hall–Kier alpha value is -3.02. The van der Waals surface area contributed by atoms with Gasteiger partial charge in [-0.2, -0.15) is 0 Å². The van der Waals surface area contributed by atoms with Crippen LogP contribution >= 0.6 is 0 Å². The number of aryl methyl sites for hydroxylation is 4. The number of para-hydroxylation sites is 4. The van der Waals surface area contributed by atoms with Crippen LogP contribution < -0.4 is 11.2 Å². The third-order valence-electron chi connectivity index (χ3n) is 4.64. The third-order valence-corrected chi connectivity index (χ3v) is 4.64. The van der Waals surface area contributed by atoms with Gasteiger partial charge in [0.15, 0.2) is 0 Å². The Kier molecular flexibility index (Phi) is 3.19. The van der Waals surface area contributed by atoms with Gasteiger partial charge in [-0.25, -0.2) is 0 Å². The first-order valence-corrected chi connectivity index (χ1v) is 7.88. The van der Waals surface area contributed by atoms with Gasteiger partial charge in [0.05, 0.1) is 22.1 Å². The third kappa shape index (κ3) is 1.96. The number of hydrogen-bond donors (Lipinski definition) is 0. The van der Waals surface area contributed by atoms with Gasteiger partial charge in [0.1, 0.15) is 0 Å². The van der Waals surface area contributed by atoms with E-state index < -0.39 is 0 Å². The molecule has 0 aliphatic rings. The molecule has 6 nitrogen and oxygen atoms in total. The molecule has 4 rings (SSSR count). The van der Waals surface area contributed by atoms with E-state index in [0.717, 1.165) is 33.3 Å². The maximum atomic E-state index is 4.54. The molecule has 0 N–H and O–H groups in total. The van der Waals surface area contributed by atoms with Crippen molar-refractivity contribution in [2.24, 2.45) is 38.4 Å². The van der Waals surface area contributed by atoms with Crippen molar-refractivity contribution in [2.45, 2.75) is 0 Å². The molecular formula is C18H20N6. The van der Waals surface area contributed by atoms with Crippen molar-refractivity contribution < 1.29 is 0 Å². The molecule has 0 fully saturated rings. The van der Waals surface area contributed by atoms with E-state index in [0.29, 0.717) is 0 Å². The number of benzene rings is 2. The minimum atomic E-state index is 0.807. The van der Waals surface area contributed by atoms with Crippen molar-refractivity contribution in [1.29, 1.82) is 0 Å². The molecule has 0 atom stereocenters. The fourth-order valence-electron chi connectivity index (χ4n) is 3.30. The summed E-state index contributed by atoms with van der Waals surface area (Å²) in [6, 6.07) is 16.5. The number of hydrogen-bond acceptors (Lipinski definition) is 2. The molecule has 24 heavy (non-hydrogen) atoms. The van der Waals surface area contributed by atoms with Crippen LogP contribution in [0, 0.1) is 0 Å². The van der Waals surface area contributed by atoms with Gasteiger partial charge in [0.25, 0.3) is 0 Å². The maximum absolute atomic E-state index is 4.54. The minimum absolute atomic E-state index is 0.807. The highest BCUT2D eigenvalue weighted by Gasteiger charge is 2.06. The molecule has 0 saturated carbocycles. The van der Waals surface area contributed by atoms with Gasteiger partial charge in [-0.3, -0.25) is 0 Å². The van der Waals surface area contributed by atoms with Crippen LogP contribution in [0.1, 0.15) is 0 Å². The van der Waals surface area contributed by atoms with Crippen molar-refractivity contribution in [3.05, 3.63) is 59.8 Å². The molecule has 0 radical (unpaired) electrons. The number of aromatic nitrogens is 4. The van der Waals surface area contributed by atoms with Gasteiger partial charge >= 0.3 is 0 Å². The summed E-state index contributed by atoms with van der Waals surface area (Å²) in [5, 5.41) is 9.08. The molecule has 0 spiro atoms. The second kappa shape index (κ2) is 5.26. The highest BCUT2D eigenvalue weighted by Crippen LogP contribution is 2.11. The molecule has 0 saturated heterocycles. The summed E-state index contributed by atoms with van der Waals surface area (Å²) in [4.78, 5) is 0. The second-order valence-electron chi connectivity index (χ2n) is 6.01. The lowest BCUT2D eigenvalue weighted by Crippen LogP contribution is -2.25. The molecule has 0 amide bonds. The number of nitrogens with zero attached hydrogens (tertiary/aromatic N) is 6. The van der Waals surface area contributed by atoms with Crippen molar-refractivity contribution in [2.75, 3.05) is 0 Å². The number of imidazole rings is 2. The average Bonchev–Trinajstić information content (AvgIpc) is 3.00. The van der Waals surface area contributed by atoms with Gasteiger partial charge in [0.2, 0.25) is 11.2 Å². The predicted molar refractivity (Wildman–Crippen MR) is 94.9 cm³/mol. The van der Waals surface area contributed by atoms with Gasteiger partial charge in [0, 0.05) is 28.2 Å². The Morgan fingerprint density at radius 3 is 1.00 bits per heavy atom. The van der Waals surface area contributed by atoms with Gasteiger partial charge in [-0.1, -0.05) is 24.3 Å². The monoisotopic (exact) mass is 320 g/mol. The Morgan fingerprint density at radius 2 is 0.750 bits per heavy atom. The minimum Gasteiger partial charge on any atom is -0.312 e. The average molecular weight is 320 g/mol. The van der Waals surface area contributed by atoms with E-state index in [1.54, 1.807) is 0 Å². The number of fused-ring (bicyclic) bond motifs is 2. The topological polar surface area (TPSA) is 44.4 Å². The zero-order valence-electron chi connectivity index (χ0n) is 14.3. The highest BCUT2D eigenvalue weighted by molar-refractivity contribution is 5.76. The second-order valence-corrected chi connectivity index (χ2v) is 6.01. The SMILES string of the molecule is Cn1c(=NN=c2n(C)c3ccccc3n2C)n(C)c2ccccc21. The van der Waals surface area contributed by atoms with E-state index in [1.165, 1.54) is 0 Å². The van der Waals surface area contributed by atoms with Crippen molar-refractivity contribution in [1.82, 2.24) is 18.3 Å². The molecule has 0 bridgehead atoms. The first-order chi connectivity index (χ1) is 11.6. The van der Waals surface area contributed by atoms with Crippen LogP contribution in [0.2, 0.25) is 0 Å². The van der Waals surface area contributed by atoms with E-state index in [-0.39, 0.29) is 0 Å². The van der Waals surface area contributed by atoms with Crippen LogP contribution in [0.3, 0.4) is 0 Å². The molecule has 6 heteroatoms. The van der Waals surface area contributed by atoms with Crippen LogP contribution in [0.5, 0.6) is 0 Å². The van der Waals surface area contributed by atoms with Crippen LogP contribution in [0.25, 0.3) is 22.1 Å². The van der Waals surface area contributed by atoms with E-state index in [1.807, 2.05) is 52.5 Å².